The van der Waals surface area contributed by atoms with Crippen LogP contribution in [0.2, 0.25) is 0 Å². The number of hydrogen-bond acceptors (Lipinski definition) is 3. The number of ether oxygens (including phenoxy) is 1. The van der Waals surface area contributed by atoms with E-state index in [9.17, 15) is 4.79 Å². The van der Waals surface area contributed by atoms with Crippen molar-refractivity contribution in [1.82, 2.24) is 9.88 Å². The minimum absolute atomic E-state index is 0.141. The van der Waals surface area contributed by atoms with E-state index in [0.29, 0.717) is 5.88 Å². The molecule has 2 rings (SSSR count). The maximum Gasteiger partial charge on any atom is 0.219 e. The Balaban J connectivity index is 2.30. The van der Waals surface area contributed by atoms with Crippen LogP contribution < -0.4 is 4.74 Å². The number of likely N-dealkylation sites (tertiary alicyclic amines) is 1. The van der Waals surface area contributed by atoms with Crippen molar-refractivity contribution in [1.29, 1.82) is 0 Å². The van der Waals surface area contributed by atoms with Crippen LogP contribution in [0.1, 0.15) is 37.1 Å². The molecule has 0 N–H and O–H groups in total. The van der Waals surface area contributed by atoms with Gasteiger partial charge in [-0.3, -0.25) is 4.79 Å². The number of pyridine rings is 1. The summed E-state index contributed by atoms with van der Waals surface area (Å²) >= 11 is 0. The van der Waals surface area contributed by atoms with E-state index in [1.807, 2.05) is 24.0 Å². The molecule has 1 saturated heterocycles. The lowest BCUT2D eigenvalue weighted by Gasteiger charge is -2.24. The molecule has 0 aliphatic carbocycles. The van der Waals surface area contributed by atoms with Gasteiger partial charge in [0.2, 0.25) is 11.8 Å². The summed E-state index contributed by atoms with van der Waals surface area (Å²) in [5.41, 5.74) is 2.08. The van der Waals surface area contributed by atoms with Gasteiger partial charge in [0.25, 0.3) is 0 Å². The number of methoxy groups -OCH3 is 1. The molecule has 1 fully saturated rings. The number of aromatic nitrogens is 1. The molecular weight excluding hydrogens is 216 g/mol. The summed E-state index contributed by atoms with van der Waals surface area (Å²) in [6, 6.07) is 4.07. The quantitative estimate of drug-likeness (QED) is 0.786. The second kappa shape index (κ2) is 4.73. The molecular formula is C13H18N2O2. The second-order valence-corrected chi connectivity index (χ2v) is 4.40. The number of carbonyl (C=O) groups excluding carboxylic acids is 1. The standard InChI is InChI=1S/C13H18N2O2/c1-9-11(6-7-13(14-9)17-3)12-5-4-8-15(12)10(2)16/h6-7,12H,4-5,8H2,1-3H3/t12-/m0/s1. The molecule has 0 spiro atoms. The molecule has 1 atom stereocenters. The minimum atomic E-state index is 0.141. The van der Waals surface area contributed by atoms with Crippen molar-refractivity contribution in [2.45, 2.75) is 32.7 Å². The van der Waals surface area contributed by atoms with E-state index in [1.165, 1.54) is 0 Å². The smallest absolute Gasteiger partial charge is 0.219 e. The van der Waals surface area contributed by atoms with E-state index in [4.69, 9.17) is 4.74 Å². The van der Waals surface area contributed by atoms with Crippen molar-refractivity contribution in [3.8, 4) is 5.88 Å². The fourth-order valence-corrected chi connectivity index (χ4v) is 2.48. The second-order valence-electron chi connectivity index (χ2n) is 4.40. The third-order valence-electron chi connectivity index (χ3n) is 3.33. The number of carbonyl (C=O) groups is 1. The Morgan fingerprint density at radius 3 is 2.88 bits per heavy atom. The van der Waals surface area contributed by atoms with Gasteiger partial charge in [0.05, 0.1) is 13.2 Å². The first-order chi connectivity index (χ1) is 8.13. The van der Waals surface area contributed by atoms with E-state index in [-0.39, 0.29) is 11.9 Å². The number of aryl methyl sites for hydroxylation is 1. The molecule has 92 valence electrons. The van der Waals surface area contributed by atoms with Gasteiger partial charge in [0, 0.05) is 25.2 Å². The molecule has 0 bridgehead atoms. The molecule has 1 aliphatic rings. The Bertz CT molecular complexity index is 431. The summed E-state index contributed by atoms with van der Waals surface area (Å²) in [7, 11) is 1.61. The van der Waals surface area contributed by atoms with E-state index in [0.717, 1.165) is 30.6 Å². The number of hydrogen-bond donors (Lipinski definition) is 0. The van der Waals surface area contributed by atoms with E-state index in [1.54, 1.807) is 14.0 Å². The van der Waals surface area contributed by atoms with Gasteiger partial charge in [-0.1, -0.05) is 0 Å². The monoisotopic (exact) mass is 234 g/mol. The molecule has 0 saturated carbocycles. The predicted octanol–water partition coefficient (Wildman–Crippen LogP) is 2.08. The highest BCUT2D eigenvalue weighted by molar-refractivity contribution is 5.74. The highest BCUT2D eigenvalue weighted by atomic mass is 16.5. The SMILES string of the molecule is COc1ccc([C@@H]2CCCN2C(C)=O)c(C)n1. The summed E-state index contributed by atoms with van der Waals surface area (Å²) < 4.78 is 5.10. The summed E-state index contributed by atoms with van der Waals surface area (Å²) in [4.78, 5) is 17.8. The zero-order valence-electron chi connectivity index (χ0n) is 10.6. The number of amides is 1. The van der Waals surface area contributed by atoms with Crippen molar-refractivity contribution in [3.05, 3.63) is 23.4 Å². The Kier molecular flexibility index (Phi) is 3.31. The minimum Gasteiger partial charge on any atom is -0.481 e. The summed E-state index contributed by atoms with van der Waals surface area (Å²) in [6.45, 7) is 4.45. The predicted molar refractivity (Wildman–Crippen MR) is 64.9 cm³/mol. The molecule has 0 radical (unpaired) electrons. The van der Waals surface area contributed by atoms with Crippen molar-refractivity contribution < 1.29 is 9.53 Å². The highest BCUT2D eigenvalue weighted by Gasteiger charge is 2.29. The van der Waals surface area contributed by atoms with Crippen LogP contribution in [0.3, 0.4) is 0 Å². The van der Waals surface area contributed by atoms with Crippen LogP contribution in [0, 0.1) is 6.92 Å². The van der Waals surface area contributed by atoms with E-state index in [2.05, 4.69) is 4.98 Å². The topological polar surface area (TPSA) is 42.4 Å². The Morgan fingerprint density at radius 2 is 2.29 bits per heavy atom. The maximum absolute atomic E-state index is 11.5. The molecule has 2 heterocycles. The molecule has 0 unspecified atom stereocenters. The van der Waals surface area contributed by atoms with Gasteiger partial charge < -0.3 is 9.64 Å². The molecule has 1 aromatic heterocycles. The fraction of sp³-hybridized carbons (Fsp3) is 0.538. The molecule has 17 heavy (non-hydrogen) atoms. The molecule has 0 aromatic carbocycles. The first-order valence-corrected chi connectivity index (χ1v) is 5.92. The lowest BCUT2D eigenvalue weighted by molar-refractivity contribution is -0.129. The van der Waals surface area contributed by atoms with Gasteiger partial charge in [-0.05, 0) is 31.4 Å². The Hall–Kier alpha value is -1.58. The zero-order valence-corrected chi connectivity index (χ0v) is 10.6. The van der Waals surface area contributed by atoms with Crippen LogP contribution in [-0.4, -0.2) is 29.4 Å². The van der Waals surface area contributed by atoms with Crippen LogP contribution in [0.4, 0.5) is 0 Å². The van der Waals surface area contributed by atoms with Gasteiger partial charge in [-0.15, -0.1) is 0 Å². The molecule has 4 heteroatoms. The normalized spacial score (nSPS) is 19.5. The van der Waals surface area contributed by atoms with Gasteiger partial charge >= 0.3 is 0 Å². The fourth-order valence-electron chi connectivity index (χ4n) is 2.48. The largest absolute Gasteiger partial charge is 0.481 e. The maximum atomic E-state index is 11.5. The van der Waals surface area contributed by atoms with Crippen LogP contribution in [0.5, 0.6) is 5.88 Å². The summed E-state index contributed by atoms with van der Waals surface area (Å²) in [5.74, 6) is 0.765. The zero-order chi connectivity index (χ0) is 12.4. The van der Waals surface area contributed by atoms with Crippen molar-refractivity contribution in [2.75, 3.05) is 13.7 Å². The van der Waals surface area contributed by atoms with Gasteiger partial charge in [0.15, 0.2) is 0 Å². The molecule has 4 nitrogen and oxygen atoms in total. The molecule has 1 aromatic rings. The van der Waals surface area contributed by atoms with E-state index >= 15 is 0 Å². The summed E-state index contributed by atoms with van der Waals surface area (Å²) in [5, 5.41) is 0. The first-order valence-electron chi connectivity index (χ1n) is 5.92. The molecule has 1 amide bonds. The van der Waals surface area contributed by atoms with Gasteiger partial charge in [-0.2, -0.15) is 0 Å². The summed E-state index contributed by atoms with van der Waals surface area (Å²) in [6.07, 6.45) is 2.09. The number of rotatable bonds is 2. The van der Waals surface area contributed by atoms with Crippen LogP contribution in [0.15, 0.2) is 12.1 Å². The Labute approximate surface area is 102 Å². The third kappa shape index (κ3) is 2.25. The van der Waals surface area contributed by atoms with Gasteiger partial charge in [0.1, 0.15) is 0 Å². The molecule has 1 aliphatic heterocycles. The average molecular weight is 234 g/mol. The Morgan fingerprint density at radius 1 is 1.53 bits per heavy atom. The lowest BCUT2D eigenvalue weighted by atomic mass is 10.0. The third-order valence-corrected chi connectivity index (χ3v) is 3.33. The lowest BCUT2D eigenvalue weighted by Crippen LogP contribution is -2.28. The first kappa shape index (κ1) is 11.9. The van der Waals surface area contributed by atoms with Crippen molar-refractivity contribution >= 4 is 5.91 Å². The van der Waals surface area contributed by atoms with Crippen LogP contribution in [0.25, 0.3) is 0 Å². The van der Waals surface area contributed by atoms with Crippen LogP contribution >= 0.6 is 0 Å². The van der Waals surface area contributed by atoms with Crippen molar-refractivity contribution in [3.63, 3.8) is 0 Å². The van der Waals surface area contributed by atoms with Gasteiger partial charge in [-0.25, -0.2) is 4.98 Å². The highest BCUT2D eigenvalue weighted by Crippen LogP contribution is 2.33. The average Bonchev–Trinajstić information content (AvgIpc) is 2.77. The number of nitrogens with zero attached hydrogens (tertiary/aromatic N) is 2. The van der Waals surface area contributed by atoms with Crippen molar-refractivity contribution in [2.24, 2.45) is 0 Å². The van der Waals surface area contributed by atoms with E-state index < -0.39 is 0 Å². The van der Waals surface area contributed by atoms with Crippen LogP contribution in [-0.2, 0) is 4.79 Å².